The quantitative estimate of drug-likeness (QED) is 0.151. The third-order valence-corrected chi connectivity index (χ3v) is 17.5. The average Bonchev–Trinajstić information content (AvgIpc) is 4.45. The van der Waals surface area contributed by atoms with Gasteiger partial charge in [0.05, 0.1) is 16.4 Å². The second kappa shape index (κ2) is 17.2. The maximum atomic E-state index is 6.35. The molecule has 1 aliphatic carbocycles. The first kappa shape index (κ1) is 43.6. The largest absolute Gasteiger partial charge is 0.456 e. The van der Waals surface area contributed by atoms with Crippen LogP contribution in [0.5, 0.6) is 0 Å². The molecule has 1 aliphatic rings. The van der Waals surface area contributed by atoms with Crippen LogP contribution in [0, 0.1) is 0 Å². The Labute approximate surface area is 449 Å². The summed E-state index contributed by atoms with van der Waals surface area (Å²) in [7, 11) is 0. The van der Waals surface area contributed by atoms with Crippen LogP contribution < -0.4 is 4.90 Å². The zero-order valence-electron chi connectivity index (χ0n) is 41.8. The molecule has 0 saturated carbocycles. The lowest BCUT2D eigenvalue weighted by Gasteiger charge is -2.35. The minimum atomic E-state index is -0.547. The normalized spacial score (nSPS) is 12.8. The Balaban J connectivity index is 0.931. The van der Waals surface area contributed by atoms with E-state index >= 15 is 0 Å². The number of anilines is 3. The molecule has 3 aromatic heterocycles. The molecule has 0 fully saturated rings. The van der Waals surface area contributed by atoms with Gasteiger partial charge in [0.2, 0.25) is 0 Å². The van der Waals surface area contributed by atoms with Gasteiger partial charge in [-0.15, -0.1) is 11.3 Å². The first-order valence-corrected chi connectivity index (χ1v) is 27.2. The third-order valence-electron chi connectivity index (χ3n) is 16.2. The maximum absolute atomic E-state index is 6.35. The predicted molar refractivity (Wildman–Crippen MR) is 324 cm³/mol. The van der Waals surface area contributed by atoms with Gasteiger partial charge in [0, 0.05) is 70.0 Å². The zero-order valence-corrected chi connectivity index (χ0v) is 42.6. The molecule has 360 valence electrons. The van der Waals surface area contributed by atoms with E-state index in [1.165, 1.54) is 92.0 Å². The summed E-state index contributed by atoms with van der Waals surface area (Å²) in [5.74, 6) is 0. The Morgan fingerprint density at radius 3 is 1.78 bits per heavy atom. The Morgan fingerprint density at radius 2 is 0.974 bits per heavy atom. The molecular weight excluding hydrogens is 953 g/mol. The number of aromatic nitrogens is 1. The molecule has 12 aromatic carbocycles. The Kier molecular flexibility index (Phi) is 9.72. The van der Waals surface area contributed by atoms with Crippen LogP contribution in [0.1, 0.15) is 22.3 Å². The summed E-state index contributed by atoms with van der Waals surface area (Å²) in [5.41, 5.74) is 20.3. The number of hydrogen-bond acceptors (Lipinski definition) is 3. The van der Waals surface area contributed by atoms with Gasteiger partial charge in [-0.1, -0.05) is 200 Å². The third kappa shape index (κ3) is 6.56. The summed E-state index contributed by atoms with van der Waals surface area (Å²) in [6, 6.07) is 103. The van der Waals surface area contributed by atoms with Gasteiger partial charge in [0.15, 0.2) is 0 Å². The molecule has 0 atom stereocenters. The van der Waals surface area contributed by atoms with Crippen LogP contribution in [0.4, 0.5) is 17.1 Å². The minimum Gasteiger partial charge on any atom is -0.456 e. The number of hydrogen-bond donors (Lipinski definition) is 0. The highest BCUT2D eigenvalue weighted by Gasteiger charge is 2.46. The van der Waals surface area contributed by atoms with Crippen molar-refractivity contribution in [1.82, 2.24) is 4.57 Å². The van der Waals surface area contributed by atoms with E-state index in [4.69, 9.17) is 4.42 Å². The van der Waals surface area contributed by atoms with Crippen LogP contribution in [0.15, 0.2) is 283 Å². The maximum Gasteiger partial charge on any atom is 0.135 e. The minimum absolute atomic E-state index is 0.547. The van der Waals surface area contributed by atoms with E-state index in [9.17, 15) is 0 Å². The molecule has 0 N–H and O–H groups in total. The molecule has 0 bridgehead atoms. The lowest BCUT2D eigenvalue weighted by molar-refractivity contribution is 0.669. The van der Waals surface area contributed by atoms with E-state index in [0.29, 0.717) is 0 Å². The van der Waals surface area contributed by atoms with Crippen molar-refractivity contribution in [3.63, 3.8) is 0 Å². The van der Waals surface area contributed by atoms with Crippen LogP contribution >= 0.6 is 11.3 Å². The molecule has 0 unspecified atom stereocenters. The molecule has 4 heteroatoms. The fourth-order valence-electron chi connectivity index (χ4n) is 12.9. The summed E-state index contributed by atoms with van der Waals surface area (Å²) in [6.07, 6.45) is 0. The second-order valence-corrected chi connectivity index (χ2v) is 21.4. The molecule has 16 rings (SSSR count). The summed E-state index contributed by atoms with van der Waals surface area (Å²) < 4.78 is 11.4. The summed E-state index contributed by atoms with van der Waals surface area (Å²) >= 11 is 1.89. The summed E-state index contributed by atoms with van der Waals surface area (Å²) in [5, 5.41) is 7.20. The van der Waals surface area contributed by atoms with Crippen molar-refractivity contribution in [2.24, 2.45) is 0 Å². The van der Waals surface area contributed by atoms with Gasteiger partial charge in [-0.25, -0.2) is 0 Å². The number of thiophene rings is 1. The smallest absolute Gasteiger partial charge is 0.135 e. The molecule has 77 heavy (non-hydrogen) atoms. The first-order chi connectivity index (χ1) is 38.2. The number of benzene rings is 12. The molecule has 0 aliphatic heterocycles. The van der Waals surface area contributed by atoms with E-state index < -0.39 is 5.41 Å². The second-order valence-electron chi connectivity index (χ2n) is 20.3. The monoisotopic (exact) mass is 998 g/mol. The van der Waals surface area contributed by atoms with Crippen molar-refractivity contribution in [2.75, 3.05) is 4.90 Å². The Hall–Kier alpha value is -9.74. The van der Waals surface area contributed by atoms with Gasteiger partial charge in [-0.3, -0.25) is 0 Å². The van der Waals surface area contributed by atoms with E-state index in [1.807, 2.05) is 17.4 Å². The average molecular weight is 999 g/mol. The van der Waals surface area contributed by atoms with Crippen molar-refractivity contribution in [3.05, 3.63) is 301 Å². The predicted octanol–water partition coefficient (Wildman–Crippen LogP) is 20.2. The van der Waals surface area contributed by atoms with Crippen molar-refractivity contribution < 1.29 is 4.42 Å². The fraction of sp³-hybridized carbons (Fsp3) is 0.0137. The molecule has 3 nitrogen and oxygen atoms in total. The molecule has 3 heterocycles. The van der Waals surface area contributed by atoms with Gasteiger partial charge < -0.3 is 13.9 Å². The summed E-state index contributed by atoms with van der Waals surface area (Å²) in [4.78, 5) is 2.46. The highest BCUT2D eigenvalue weighted by molar-refractivity contribution is 7.26. The van der Waals surface area contributed by atoms with Crippen LogP contribution in [0.2, 0.25) is 0 Å². The summed E-state index contributed by atoms with van der Waals surface area (Å²) in [6.45, 7) is 0. The molecule has 0 amide bonds. The number of nitrogens with zero attached hydrogens (tertiary/aromatic N) is 2. The molecule has 0 spiro atoms. The number of rotatable bonds is 8. The first-order valence-electron chi connectivity index (χ1n) is 26.4. The van der Waals surface area contributed by atoms with Crippen molar-refractivity contribution >= 4 is 92.3 Å². The lowest BCUT2D eigenvalue weighted by Crippen LogP contribution is -2.28. The fourth-order valence-corrected chi connectivity index (χ4v) is 14.2. The van der Waals surface area contributed by atoms with Crippen molar-refractivity contribution in [3.8, 4) is 39.1 Å². The van der Waals surface area contributed by atoms with E-state index in [0.717, 1.165) is 50.3 Å². The molecule has 15 aromatic rings. The van der Waals surface area contributed by atoms with Gasteiger partial charge in [0.1, 0.15) is 11.2 Å². The van der Waals surface area contributed by atoms with Gasteiger partial charge in [-0.2, -0.15) is 0 Å². The zero-order chi connectivity index (χ0) is 50.6. The topological polar surface area (TPSA) is 21.3 Å². The number of para-hydroxylation sites is 2. The molecule has 0 radical (unpaired) electrons. The van der Waals surface area contributed by atoms with E-state index in [1.54, 1.807) is 0 Å². The van der Waals surface area contributed by atoms with Gasteiger partial charge >= 0.3 is 0 Å². The van der Waals surface area contributed by atoms with Crippen LogP contribution in [0.3, 0.4) is 0 Å². The highest BCUT2D eigenvalue weighted by atomic mass is 32.1. The standard InChI is InChI=1S/C73H46N2OS/c1-4-19-47(20-5-1)48-35-37-52(38-36-48)74(55-39-41-57-56-27-10-14-31-64(56)73(65(57)45-55,50-22-6-2-7-23-50)51-24-8-3-9-25-51)53-26-18-21-49(43-53)61-46-63-58-28-11-15-32-66(58)75(71(63)70-60-30-13-17-34-69(60)77-72(61)70)54-40-42-68-62(44-54)59-29-12-16-33-67(59)76-68/h1-46H. The Bertz CT molecular complexity index is 4760. The molecular formula is C73H46N2OS. The van der Waals surface area contributed by atoms with Crippen molar-refractivity contribution in [1.29, 1.82) is 0 Å². The SMILES string of the molecule is c1ccc(-c2ccc(N(c3cccc(-c4cc5c6ccccc6n(-c6ccc7oc8ccccc8c7c6)c5c5c4sc4ccccc45)c3)c3ccc4c(c3)C(c3ccccc3)(c3ccccc3)c3ccccc3-4)cc2)cc1. The van der Waals surface area contributed by atoms with Gasteiger partial charge in [0.25, 0.3) is 0 Å². The Morgan fingerprint density at radius 1 is 0.364 bits per heavy atom. The number of fused-ring (bicyclic) bond motifs is 13. The lowest BCUT2D eigenvalue weighted by atomic mass is 9.67. The van der Waals surface area contributed by atoms with Crippen LogP contribution in [0.25, 0.3) is 103 Å². The van der Waals surface area contributed by atoms with Crippen molar-refractivity contribution in [2.45, 2.75) is 5.41 Å². The van der Waals surface area contributed by atoms with E-state index in [-0.39, 0.29) is 0 Å². The van der Waals surface area contributed by atoms with Gasteiger partial charge in [-0.05, 0) is 129 Å². The van der Waals surface area contributed by atoms with Crippen LogP contribution in [-0.4, -0.2) is 4.57 Å². The highest BCUT2D eigenvalue weighted by Crippen LogP contribution is 2.58. The van der Waals surface area contributed by atoms with E-state index in [2.05, 4.69) is 282 Å². The molecule has 0 saturated heterocycles. The van der Waals surface area contributed by atoms with Crippen LogP contribution in [-0.2, 0) is 5.41 Å². The number of furan rings is 1.